The molecule has 1 rings (SSSR count). The van der Waals surface area contributed by atoms with Crippen molar-refractivity contribution >= 4 is 39.2 Å². The molecular formula is C8H5BrClNO4. The Kier molecular flexibility index (Phi) is 3.65. The van der Waals surface area contributed by atoms with Crippen molar-refractivity contribution in [3.8, 4) is 0 Å². The van der Waals surface area contributed by atoms with E-state index < -0.39 is 16.6 Å². The van der Waals surface area contributed by atoms with Crippen molar-refractivity contribution in [3.05, 3.63) is 38.4 Å². The molecule has 15 heavy (non-hydrogen) atoms. The predicted molar refractivity (Wildman–Crippen MR) is 57.7 cm³/mol. The van der Waals surface area contributed by atoms with Crippen molar-refractivity contribution < 1.29 is 14.8 Å². The lowest BCUT2D eigenvalue weighted by Gasteiger charge is -2.04. The normalized spacial score (nSPS) is 10.0. The van der Waals surface area contributed by atoms with Crippen LogP contribution in [0.3, 0.4) is 0 Å². The molecule has 1 N–H and O–H groups in total. The van der Waals surface area contributed by atoms with Gasteiger partial charge in [-0.1, -0.05) is 27.5 Å². The van der Waals surface area contributed by atoms with E-state index in [-0.39, 0.29) is 21.5 Å². The standard InChI is InChI=1S/C8H5BrClNO4/c9-3-4-1-5(10)2-6(11(14)15)7(4)8(12)13/h1-2H,3H2,(H,12,13). The molecular weight excluding hydrogens is 289 g/mol. The Hall–Kier alpha value is -1.14. The number of hydrogen-bond acceptors (Lipinski definition) is 3. The number of carbonyl (C=O) groups is 1. The summed E-state index contributed by atoms with van der Waals surface area (Å²) in [7, 11) is 0. The van der Waals surface area contributed by atoms with Crippen LogP contribution in [0.1, 0.15) is 15.9 Å². The summed E-state index contributed by atoms with van der Waals surface area (Å²) in [5.41, 5.74) is -0.549. The number of alkyl halides is 1. The van der Waals surface area contributed by atoms with Crippen molar-refractivity contribution in [2.45, 2.75) is 5.33 Å². The maximum Gasteiger partial charge on any atom is 0.343 e. The first-order valence-electron chi connectivity index (χ1n) is 3.73. The number of nitro benzene ring substituents is 1. The van der Waals surface area contributed by atoms with Crippen LogP contribution in [-0.4, -0.2) is 16.0 Å². The molecule has 0 aliphatic heterocycles. The molecule has 80 valence electrons. The van der Waals surface area contributed by atoms with Crippen molar-refractivity contribution in [2.24, 2.45) is 0 Å². The number of rotatable bonds is 3. The number of aromatic carboxylic acids is 1. The molecule has 0 radical (unpaired) electrons. The molecule has 0 fully saturated rings. The first-order chi connectivity index (χ1) is 6.97. The van der Waals surface area contributed by atoms with Crippen molar-refractivity contribution in [1.82, 2.24) is 0 Å². The fraction of sp³-hybridized carbons (Fsp3) is 0.125. The van der Waals surface area contributed by atoms with Crippen LogP contribution >= 0.6 is 27.5 Å². The van der Waals surface area contributed by atoms with Crippen LogP contribution in [0.15, 0.2) is 12.1 Å². The zero-order valence-electron chi connectivity index (χ0n) is 7.24. The molecule has 0 atom stereocenters. The Bertz CT molecular complexity index is 435. The molecule has 0 spiro atoms. The summed E-state index contributed by atoms with van der Waals surface area (Å²) < 4.78 is 0. The van der Waals surface area contributed by atoms with Gasteiger partial charge in [0.2, 0.25) is 0 Å². The molecule has 0 heterocycles. The predicted octanol–water partition coefficient (Wildman–Crippen LogP) is 2.84. The maximum atomic E-state index is 10.8. The van der Waals surface area contributed by atoms with Gasteiger partial charge in [0.25, 0.3) is 5.69 Å². The van der Waals surface area contributed by atoms with Gasteiger partial charge in [0, 0.05) is 16.4 Å². The summed E-state index contributed by atoms with van der Waals surface area (Å²) >= 11 is 8.68. The minimum atomic E-state index is -1.34. The van der Waals surface area contributed by atoms with Crippen LogP contribution in [0.2, 0.25) is 5.02 Å². The third-order valence-electron chi connectivity index (χ3n) is 1.72. The molecule has 0 unspecified atom stereocenters. The first kappa shape index (κ1) is 11.9. The number of nitrogens with zero attached hydrogens (tertiary/aromatic N) is 1. The molecule has 1 aromatic carbocycles. The second-order valence-corrected chi connectivity index (χ2v) is 3.65. The number of halogens is 2. The van der Waals surface area contributed by atoms with Gasteiger partial charge < -0.3 is 5.11 Å². The van der Waals surface area contributed by atoms with Crippen LogP contribution in [0.25, 0.3) is 0 Å². The van der Waals surface area contributed by atoms with Crippen molar-refractivity contribution in [2.75, 3.05) is 0 Å². The van der Waals surface area contributed by atoms with E-state index >= 15 is 0 Å². The van der Waals surface area contributed by atoms with E-state index in [1.165, 1.54) is 6.07 Å². The SMILES string of the molecule is O=C(O)c1c(CBr)cc(Cl)cc1[N+](=O)[O-]. The number of benzene rings is 1. The number of carboxylic acid groups (broad SMARTS) is 1. The Morgan fingerprint density at radius 3 is 2.60 bits per heavy atom. The fourth-order valence-electron chi connectivity index (χ4n) is 1.14. The quantitative estimate of drug-likeness (QED) is 0.528. The molecule has 0 saturated heterocycles. The largest absolute Gasteiger partial charge is 0.477 e. The third-order valence-corrected chi connectivity index (χ3v) is 2.54. The van der Waals surface area contributed by atoms with E-state index in [0.29, 0.717) is 0 Å². The van der Waals surface area contributed by atoms with Gasteiger partial charge in [-0.3, -0.25) is 10.1 Å². The second-order valence-electron chi connectivity index (χ2n) is 2.65. The molecule has 0 saturated carbocycles. The van der Waals surface area contributed by atoms with E-state index in [1.807, 2.05) is 0 Å². The third kappa shape index (κ3) is 2.45. The van der Waals surface area contributed by atoms with Gasteiger partial charge in [0.15, 0.2) is 0 Å². The highest BCUT2D eigenvalue weighted by Crippen LogP contribution is 2.28. The van der Waals surface area contributed by atoms with Gasteiger partial charge in [-0.15, -0.1) is 0 Å². The van der Waals surface area contributed by atoms with E-state index in [2.05, 4.69) is 15.9 Å². The zero-order chi connectivity index (χ0) is 11.6. The highest BCUT2D eigenvalue weighted by atomic mass is 79.9. The molecule has 0 amide bonds. The molecule has 7 heteroatoms. The Labute approximate surface area is 97.9 Å². The van der Waals surface area contributed by atoms with Gasteiger partial charge >= 0.3 is 5.97 Å². The molecule has 0 bridgehead atoms. The van der Waals surface area contributed by atoms with Gasteiger partial charge in [0.05, 0.1) is 4.92 Å². The molecule has 0 aromatic heterocycles. The summed E-state index contributed by atoms with van der Waals surface area (Å²) in [6.07, 6.45) is 0. The van der Waals surface area contributed by atoms with Gasteiger partial charge in [-0.25, -0.2) is 4.79 Å². The molecule has 0 aliphatic carbocycles. The van der Waals surface area contributed by atoms with Gasteiger partial charge in [-0.05, 0) is 11.6 Å². The van der Waals surface area contributed by atoms with Crippen molar-refractivity contribution in [3.63, 3.8) is 0 Å². The van der Waals surface area contributed by atoms with Crippen LogP contribution in [0.5, 0.6) is 0 Å². The first-order valence-corrected chi connectivity index (χ1v) is 5.23. The van der Waals surface area contributed by atoms with Crippen molar-refractivity contribution in [1.29, 1.82) is 0 Å². The van der Waals surface area contributed by atoms with Crippen LogP contribution in [0, 0.1) is 10.1 Å². The summed E-state index contributed by atoms with van der Waals surface area (Å²) in [5.74, 6) is -1.34. The Balaban J connectivity index is 3.54. The molecule has 1 aromatic rings. The Morgan fingerprint density at radius 1 is 1.60 bits per heavy atom. The van der Waals surface area contributed by atoms with E-state index in [0.717, 1.165) is 6.07 Å². The molecule has 0 aliphatic rings. The summed E-state index contributed by atoms with van der Waals surface area (Å²) in [4.78, 5) is 20.7. The van der Waals surface area contributed by atoms with Gasteiger partial charge in [-0.2, -0.15) is 0 Å². The minimum absolute atomic E-state index is 0.140. The van der Waals surface area contributed by atoms with E-state index in [9.17, 15) is 14.9 Å². The zero-order valence-corrected chi connectivity index (χ0v) is 9.58. The molecule has 5 nitrogen and oxygen atoms in total. The lowest BCUT2D eigenvalue weighted by atomic mass is 10.1. The number of hydrogen-bond donors (Lipinski definition) is 1. The second kappa shape index (κ2) is 4.59. The van der Waals surface area contributed by atoms with Crippen LogP contribution in [-0.2, 0) is 5.33 Å². The summed E-state index contributed by atoms with van der Waals surface area (Å²) in [6, 6.07) is 2.41. The maximum absolute atomic E-state index is 10.8. The minimum Gasteiger partial charge on any atom is -0.477 e. The average Bonchev–Trinajstić information content (AvgIpc) is 2.15. The summed E-state index contributed by atoms with van der Waals surface area (Å²) in [5, 5.41) is 19.8. The van der Waals surface area contributed by atoms with Gasteiger partial charge in [0.1, 0.15) is 5.56 Å². The lowest BCUT2D eigenvalue weighted by Crippen LogP contribution is -2.06. The Morgan fingerprint density at radius 2 is 2.20 bits per heavy atom. The summed E-state index contributed by atoms with van der Waals surface area (Å²) in [6.45, 7) is 0. The van der Waals surface area contributed by atoms with E-state index in [1.54, 1.807) is 0 Å². The number of carboxylic acids is 1. The average molecular weight is 294 g/mol. The highest BCUT2D eigenvalue weighted by molar-refractivity contribution is 9.08. The van der Waals surface area contributed by atoms with E-state index in [4.69, 9.17) is 16.7 Å². The lowest BCUT2D eigenvalue weighted by molar-refractivity contribution is -0.385. The smallest absolute Gasteiger partial charge is 0.343 e. The van der Waals surface area contributed by atoms with Crippen LogP contribution < -0.4 is 0 Å². The topological polar surface area (TPSA) is 80.4 Å². The fourth-order valence-corrected chi connectivity index (χ4v) is 1.82. The highest BCUT2D eigenvalue weighted by Gasteiger charge is 2.24. The van der Waals surface area contributed by atoms with Crippen LogP contribution in [0.4, 0.5) is 5.69 Å². The number of nitro groups is 1. The monoisotopic (exact) mass is 293 g/mol.